The zero-order chi connectivity index (χ0) is 37.0. The number of nitrogens with zero attached hydrogens (tertiary/aromatic N) is 3. The minimum Gasteiger partial charge on any atom is -0.307 e. The molecule has 0 amide bonds. The highest BCUT2D eigenvalue weighted by molar-refractivity contribution is 6.24. The number of aromatic nitrogens is 3. The molecule has 11 rings (SSSR count). The van der Waals surface area contributed by atoms with Crippen LogP contribution in [0.2, 0.25) is 0 Å². The molecule has 0 radical (unpaired) electrons. The maximum Gasteiger partial charge on any atom is 0.0788 e. The molecule has 11 aromatic rings. The van der Waals surface area contributed by atoms with Crippen LogP contribution < -0.4 is 0 Å². The van der Waals surface area contributed by atoms with Gasteiger partial charge in [-0.05, 0) is 64.7 Å². The van der Waals surface area contributed by atoms with E-state index < -0.39 is 0 Å². The van der Waals surface area contributed by atoms with E-state index in [9.17, 15) is 0 Å². The Morgan fingerprint density at radius 3 is 1.05 bits per heavy atom. The van der Waals surface area contributed by atoms with Crippen LogP contribution in [0.25, 0.3) is 99.8 Å². The van der Waals surface area contributed by atoms with E-state index in [1.165, 1.54) is 54.8 Å². The van der Waals surface area contributed by atoms with Crippen LogP contribution in [-0.4, -0.2) is 14.1 Å². The minimum absolute atomic E-state index is 0.934. The van der Waals surface area contributed by atoms with E-state index in [4.69, 9.17) is 4.98 Å². The van der Waals surface area contributed by atoms with Crippen molar-refractivity contribution in [3.05, 3.63) is 212 Å². The van der Waals surface area contributed by atoms with Crippen LogP contribution in [0, 0.1) is 0 Å². The Bertz CT molecular complexity index is 2880. The summed E-state index contributed by atoms with van der Waals surface area (Å²) in [6, 6.07) is 76.3. The third kappa shape index (κ3) is 5.25. The number of para-hydroxylation sites is 2. The van der Waals surface area contributed by atoms with Crippen molar-refractivity contribution in [2.24, 2.45) is 0 Å². The SMILES string of the molecule is c1ccc(-c2cc(-c3ccccc3)cc(-n3c4ccccc4c4ccc5c6ccccc6n(-c6cc(-c7ccccc7)nc(-c7ccccc7)c6)c5c43)c2)cc1. The highest BCUT2D eigenvalue weighted by Gasteiger charge is 2.23. The lowest BCUT2D eigenvalue weighted by Gasteiger charge is -2.16. The summed E-state index contributed by atoms with van der Waals surface area (Å²) in [6.45, 7) is 0. The zero-order valence-electron chi connectivity index (χ0n) is 30.5. The van der Waals surface area contributed by atoms with Crippen LogP contribution in [0.5, 0.6) is 0 Å². The lowest BCUT2D eigenvalue weighted by Crippen LogP contribution is -2.01. The molecule has 3 aromatic heterocycles. The molecule has 0 unspecified atom stereocenters. The first-order valence-corrected chi connectivity index (χ1v) is 19.1. The van der Waals surface area contributed by atoms with Crippen LogP contribution in [-0.2, 0) is 0 Å². The zero-order valence-corrected chi connectivity index (χ0v) is 30.5. The van der Waals surface area contributed by atoms with Crippen molar-refractivity contribution in [2.75, 3.05) is 0 Å². The minimum atomic E-state index is 0.934. The first kappa shape index (κ1) is 32.0. The third-order valence-electron chi connectivity index (χ3n) is 11.1. The molecular weight excluding hydrogens is 679 g/mol. The maximum absolute atomic E-state index is 5.26. The topological polar surface area (TPSA) is 22.8 Å². The molecule has 0 spiro atoms. The molecule has 0 saturated carbocycles. The molecule has 0 atom stereocenters. The second kappa shape index (κ2) is 13.1. The predicted octanol–water partition coefficient (Wildman–Crippen LogP) is 13.9. The predicted molar refractivity (Wildman–Crippen MR) is 235 cm³/mol. The van der Waals surface area contributed by atoms with E-state index in [-0.39, 0.29) is 0 Å². The smallest absolute Gasteiger partial charge is 0.0788 e. The summed E-state index contributed by atoms with van der Waals surface area (Å²) in [5, 5.41) is 4.85. The van der Waals surface area contributed by atoms with Crippen molar-refractivity contribution < 1.29 is 0 Å². The van der Waals surface area contributed by atoms with Gasteiger partial charge in [-0.3, -0.25) is 0 Å². The summed E-state index contributed by atoms with van der Waals surface area (Å²) in [5.74, 6) is 0. The van der Waals surface area contributed by atoms with Crippen molar-refractivity contribution in [1.82, 2.24) is 14.1 Å². The van der Waals surface area contributed by atoms with E-state index in [0.717, 1.165) is 44.9 Å². The molecule has 0 bridgehead atoms. The van der Waals surface area contributed by atoms with Gasteiger partial charge < -0.3 is 9.13 Å². The lowest BCUT2D eigenvalue weighted by molar-refractivity contribution is 1.14. The van der Waals surface area contributed by atoms with Crippen LogP contribution in [0.4, 0.5) is 0 Å². The maximum atomic E-state index is 5.26. The van der Waals surface area contributed by atoms with Gasteiger partial charge in [0, 0.05) is 38.4 Å². The average Bonchev–Trinajstić information content (AvgIpc) is 3.81. The highest BCUT2D eigenvalue weighted by Crippen LogP contribution is 2.43. The quantitative estimate of drug-likeness (QED) is 0.168. The molecule has 56 heavy (non-hydrogen) atoms. The normalized spacial score (nSPS) is 11.6. The number of benzene rings is 8. The highest BCUT2D eigenvalue weighted by atomic mass is 15.0. The van der Waals surface area contributed by atoms with Gasteiger partial charge in [-0.1, -0.05) is 170 Å². The Kier molecular flexibility index (Phi) is 7.49. The summed E-state index contributed by atoms with van der Waals surface area (Å²) in [7, 11) is 0. The Balaban J connectivity index is 1.29. The largest absolute Gasteiger partial charge is 0.307 e. The van der Waals surface area contributed by atoms with E-state index >= 15 is 0 Å². The summed E-state index contributed by atoms with van der Waals surface area (Å²) in [5.41, 5.74) is 15.6. The van der Waals surface area contributed by atoms with Crippen molar-refractivity contribution in [2.45, 2.75) is 0 Å². The summed E-state index contributed by atoms with van der Waals surface area (Å²) >= 11 is 0. The Hall–Kier alpha value is -7.49. The van der Waals surface area contributed by atoms with Gasteiger partial charge in [-0.25, -0.2) is 4.98 Å². The molecule has 3 heterocycles. The van der Waals surface area contributed by atoms with Crippen molar-refractivity contribution in [1.29, 1.82) is 0 Å². The van der Waals surface area contributed by atoms with Gasteiger partial charge >= 0.3 is 0 Å². The lowest BCUT2D eigenvalue weighted by atomic mass is 9.98. The summed E-state index contributed by atoms with van der Waals surface area (Å²) in [4.78, 5) is 5.26. The van der Waals surface area contributed by atoms with Crippen molar-refractivity contribution in [3.63, 3.8) is 0 Å². The fourth-order valence-corrected chi connectivity index (χ4v) is 8.53. The molecule has 262 valence electrons. The van der Waals surface area contributed by atoms with Gasteiger partial charge in [-0.15, -0.1) is 0 Å². The molecule has 0 N–H and O–H groups in total. The number of rotatable bonds is 6. The van der Waals surface area contributed by atoms with E-state index in [2.05, 4.69) is 221 Å². The standard InChI is InChI=1S/C53H35N3/c1-5-17-36(18-6-1)40-31-41(37-19-7-2-8-20-37)33-42(32-40)55-50-27-15-13-25-44(50)46-29-30-47-45-26-14-16-28-51(45)56(53(47)52(46)55)43-34-48(38-21-9-3-10-22-38)54-49(35-43)39-23-11-4-12-24-39/h1-35H. The van der Waals surface area contributed by atoms with Gasteiger partial charge in [0.2, 0.25) is 0 Å². The molecule has 3 nitrogen and oxygen atoms in total. The van der Waals surface area contributed by atoms with Crippen LogP contribution >= 0.6 is 0 Å². The first-order valence-electron chi connectivity index (χ1n) is 19.1. The second-order valence-corrected chi connectivity index (χ2v) is 14.4. The number of hydrogen-bond donors (Lipinski definition) is 0. The van der Waals surface area contributed by atoms with E-state index in [1.807, 2.05) is 0 Å². The Morgan fingerprint density at radius 1 is 0.268 bits per heavy atom. The van der Waals surface area contributed by atoms with E-state index in [0.29, 0.717) is 0 Å². The summed E-state index contributed by atoms with van der Waals surface area (Å²) < 4.78 is 4.97. The molecule has 0 fully saturated rings. The molecule has 0 aliphatic rings. The number of pyridine rings is 1. The molecular formula is C53H35N3. The summed E-state index contributed by atoms with van der Waals surface area (Å²) in [6.07, 6.45) is 0. The van der Waals surface area contributed by atoms with Gasteiger partial charge in [-0.2, -0.15) is 0 Å². The van der Waals surface area contributed by atoms with Gasteiger partial charge in [0.05, 0.1) is 39.1 Å². The van der Waals surface area contributed by atoms with Crippen LogP contribution in [0.1, 0.15) is 0 Å². The monoisotopic (exact) mass is 713 g/mol. The van der Waals surface area contributed by atoms with Gasteiger partial charge in [0.15, 0.2) is 0 Å². The molecule has 0 saturated heterocycles. The molecule has 0 aliphatic heterocycles. The van der Waals surface area contributed by atoms with Crippen molar-refractivity contribution in [3.8, 4) is 56.1 Å². The third-order valence-corrected chi connectivity index (χ3v) is 11.1. The van der Waals surface area contributed by atoms with Crippen LogP contribution in [0.15, 0.2) is 212 Å². The molecule has 0 aliphatic carbocycles. The molecule has 8 aromatic carbocycles. The van der Waals surface area contributed by atoms with Crippen molar-refractivity contribution >= 4 is 43.6 Å². The Morgan fingerprint density at radius 2 is 0.625 bits per heavy atom. The number of fused-ring (bicyclic) bond motifs is 7. The van der Waals surface area contributed by atoms with Crippen LogP contribution in [0.3, 0.4) is 0 Å². The second-order valence-electron chi connectivity index (χ2n) is 14.4. The molecule has 3 heteroatoms. The average molecular weight is 714 g/mol. The van der Waals surface area contributed by atoms with Gasteiger partial charge in [0.25, 0.3) is 0 Å². The van der Waals surface area contributed by atoms with E-state index in [1.54, 1.807) is 0 Å². The van der Waals surface area contributed by atoms with Gasteiger partial charge in [0.1, 0.15) is 0 Å². The Labute approximate surface area is 325 Å². The fraction of sp³-hybridized carbons (Fsp3) is 0. The first-order chi connectivity index (χ1) is 27.8. The fourth-order valence-electron chi connectivity index (χ4n) is 8.53. The number of hydrogen-bond acceptors (Lipinski definition) is 1.